The van der Waals surface area contributed by atoms with Crippen LogP contribution in [0.1, 0.15) is 30.1 Å². The molecule has 1 heterocycles. The second-order valence-corrected chi connectivity index (χ2v) is 5.21. The van der Waals surface area contributed by atoms with Crippen LogP contribution in [0.5, 0.6) is 5.75 Å². The fourth-order valence-electron chi connectivity index (χ4n) is 2.37. The third kappa shape index (κ3) is 3.73. The van der Waals surface area contributed by atoms with Gasteiger partial charge in [0.15, 0.2) is 6.61 Å². The Balaban J connectivity index is 1.89. The number of hydrogen-bond donors (Lipinski definition) is 1. The van der Waals surface area contributed by atoms with Crippen molar-refractivity contribution in [2.75, 3.05) is 19.7 Å². The molecule has 1 saturated heterocycles. The van der Waals surface area contributed by atoms with Crippen molar-refractivity contribution in [2.24, 2.45) is 5.92 Å². The Morgan fingerprint density at radius 1 is 1.45 bits per heavy atom. The maximum Gasteiger partial charge on any atom is 0.335 e. The van der Waals surface area contributed by atoms with Gasteiger partial charge in [0.1, 0.15) is 5.75 Å². The van der Waals surface area contributed by atoms with Crippen LogP contribution < -0.4 is 4.74 Å². The Bertz CT molecular complexity index is 500. The van der Waals surface area contributed by atoms with Gasteiger partial charge in [-0.15, -0.1) is 0 Å². The Labute approximate surface area is 118 Å². The zero-order valence-corrected chi connectivity index (χ0v) is 11.5. The van der Waals surface area contributed by atoms with E-state index in [1.54, 1.807) is 12.1 Å². The summed E-state index contributed by atoms with van der Waals surface area (Å²) in [4.78, 5) is 24.7. The summed E-state index contributed by atoms with van der Waals surface area (Å²) in [5.41, 5.74) is 0.154. The molecule has 0 aromatic heterocycles. The number of benzene rings is 1. The molecule has 5 heteroatoms. The van der Waals surface area contributed by atoms with E-state index in [4.69, 9.17) is 9.84 Å². The van der Waals surface area contributed by atoms with Crippen molar-refractivity contribution >= 4 is 11.9 Å². The first-order valence-corrected chi connectivity index (χ1v) is 6.80. The average molecular weight is 277 g/mol. The molecule has 1 unspecified atom stereocenters. The van der Waals surface area contributed by atoms with Crippen LogP contribution in [0.15, 0.2) is 24.3 Å². The number of aromatic carboxylic acids is 1. The molecule has 1 amide bonds. The number of piperidine rings is 1. The normalized spacial score (nSPS) is 18.6. The minimum Gasteiger partial charge on any atom is -0.484 e. The highest BCUT2D eigenvalue weighted by Gasteiger charge is 2.21. The van der Waals surface area contributed by atoms with Crippen LogP contribution in [0, 0.1) is 5.92 Å². The maximum atomic E-state index is 12.0. The molecular formula is C15H19NO4. The minimum absolute atomic E-state index is 0.0442. The van der Waals surface area contributed by atoms with E-state index < -0.39 is 5.97 Å². The molecule has 0 radical (unpaired) electrons. The highest BCUT2D eigenvalue weighted by Crippen LogP contribution is 2.17. The molecule has 0 spiro atoms. The van der Waals surface area contributed by atoms with E-state index in [1.807, 2.05) is 4.90 Å². The van der Waals surface area contributed by atoms with Crippen molar-refractivity contribution in [3.05, 3.63) is 29.8 Å². The monoisotopic (exact) mass is 277 g/mol. The molecule has 0 bridgehead atoms. The van der Waals surface area contributed by atoms with E-state index >= 15 is 0 Å². The number of carboxylic acid groups (broad SMARTS) is 1. The zero-order valence-electron chi connectivity index (χ0n) is 11.5. The predicted molar refractivity (Wildman–Crippen MR) is 73.9 cm³/mol. The van der Waals surface area contributed by atoms with Crippen molar-refractivity contribution < 1.29 is 19.4 Å². The van der Waals surface area contributed by atoms with E-state index in [2.05, 4.69) is 6.92 Å². The van der Waals surface area contributed by atoms with Crippen LogP contribution in [-0.4, -0.2) is 41.6 Å². The van der Waals surface area contributed by atoms with E-state index in [0.717, 1.165) is 25.9 Å². The zero-order chi connectivity index (χ0) is 14.5. The van der Waals surface area contributed by atoms with Crippen molar-refractivity contribution in [1.29, 1.82) is 0 Å². The number of carbonyl (C=O) groups excluding carboxylic acids is 1. The third-order valence-electron chi connectivity index (χ3n) is 3.45. The lowest BCUT2D eigenvalue weighted by atomic mass is 10.0. The van der Waals surface area contributed by atoms with Crippen molar-refractivity contribution in [3.63, 3.8) is 0 Å². The van der Waals surface area contributed by atoms with Gasteiger partial charge in [0, 0.05) is 13.1 Å². The minimum atomic E-state index is -1.01. The number of amides is 1. The number of nitrogens with zero attached hydrogens (tertiary/aromatic N) is 1. The van der Waals surface area contributed by atoms with Gasteiger partial charge >= 0.3 is 5.97 Å². The largest absolute Gasteiger partial charge is 0.484 e. The van der Waals surface area contributed by atoms with Crippen LogP contribution in [-0.2, 0) is 4.79 Å². The number of rotatable bonds is 4. The van der Waals surface area contributed by atoms with E-state index in [1.165, 1.54) is 12.1 Å². The molecule has 108 valence electrons. The first-order chi connectivity index (χ1) is 9.56. The number of carbonyl (C=O) groups is 2. The van der Waals surface area contributed by atoms with Crippen molar-refractivity contribution in [1.82, 2.24) is 4.90 Å². The molecule has 1 aromatic rings. The molecule has 1 aliphatic rings. The van der Waals surface area contributed by atoms with E-state index in [9.17, 15) is 9.59 Å². The second-order valence-electron chi connectivity index (χ2n) is 5.21. The Morgan fingerprint density at radius 2 is 2.25 bits per heavy atom. The lowest BCUT2D eigenvalue weighted by Gasteiger charge is -2.30. The van der Waals surface area contributed by atoms with Crippen LogP contribution >= 0.6 is 0 Å². The summed E-state index contributed by atoms with van der Waals surface area (Å²) in [6.07, 6.45) is 2.19. The number of hydrogen-bond acceptors (Lipinski definition) is 3. The molecule has 0 aliphatic carbocycles. The lowest BCUT2D eigenvalue weighted by Crippen LogP contribution is -2.41. The van der Waals surface area contributed by atoms with Crippen LogP contribution in [0.2, 0.25) is 0 Å². The highest BCUT2D eigenvalue weighted by molar-refractivity contribution is 5.88. The number of carboxylic acids is 1. The van der Waals surface area contributed by atoms with E-state index in [-0.39, 0.29) is 18.1 Å². The smallest absolute Gasteiger partial charge is 0.335 e. The summed E-state index contributed by atoms with van der Waals surface area (Å²) >= 11 is 0. The second kappa shape index (κ2) is 6.41. The summed E-state index contributed by atoms with van der Waals surface area (Å²) < 4.78 is 5.39. The van der Waals surface area contributed by atoms with Crippen LogP contribution in [0.3, 0.4) is 0 Å². The fraction of sp³-hybridized carbons (Fsp3) is 0.467. The maximum absolute atomic E-state index is 12.0. The fourth-order valence-corrected chi connectivity index (χ4v) is 2.37. The lowest BCUT2D eigenvalue weighted by molar-refractivity contribution is -0.135. The molecular weight excluding hydrogens is 258 g/mol. The van der Waals surface area contributed by atoms with Gasteiger partial charge in [-0.05, 0) is 37.0 Å². The Hall–Kier alpha value is -2.04. The average Bonchev–Trinajstić information content (AvgIpc) is 2.45. The predicted octanol–water partition coefficient (Wildman–Crippen LogP) is 2.02. The van der Waals surface area contributed by atoms with Gasteiger partial charge in [0.05, 0.1) is 5.56 Å². The number of ether oxygens (including phenoxy) is 1. The summed E-state index contributed by atoms with van der Waals surface area (Å²) in [7, 11) is 0. The van der Waals surface area contributed by atoms with Gasteiger partial charge in [0.2, 0.25) is 0 Å². The molecule has 1 fully saturated rings. The molecule has 2 rings (SSSR count). The molecule has 20 heavy (non-hydrogen) atoms. The topological polar surface area (TPSA) is 66.8 Å². The van der Waals surface area contributed by atoms with Crippen LogP contribution in [0.25, 0.3) is 0 Å². The third-order valence-corrected chi connectivity index (χ3v) is 3.45. The quantitative estimate of drug-likeness (QED) is 0.914. The number of likely N-dealkylation sites (tertiary alicyclic amines) is 1. The van der Waals surface area contributed by atoms with Gasteiger partial charge in [-0.2, -0.15) is 0 Å². The molecule has 1 aliphatic heterocycles. The summed E-state index contributed by atoms with van der Waals surface area (Å²) in [6.45, 7) is 3.64. The van der Waals surface area contributed by atoms with E-state index in [0.29, 0.717) is 11.7 Å². The van der Waals surface area contributed by atoms with Gasteiger partial charge in [-0.1, -0.05) is 13.0 Å². The summed E-state index contributed by atoms with van der Waals surface area (Å²) in [6, 6.07) is 6.17. The first-order valence-electron chi connectivity index (χ1n) is 6.80. The molecule has 0 saturated carbocycles. The standard InChI is InChI=1S/C15H19NO4/c1-11-4-3-7-16(9-11)14(17)10-20-13-6-2-5-12(8-13)15(18)19/h2,5-6,8,11H,3-4,7,9-10H2,1H3,(H,18,19). The Kier molecular flexibility index (Phi) is 4.61. The Morgan fingerprint density at radius 3 is 2.95 bits per heavy atom. The SMILES string of the molecule is CC1CCCN(C(=O)COc2cccc(C(=O)O)c2)C1. The van der Waals surface area contributed by atoms with Crippen LogP contribution in [0.4, 0.5) is 0 Å². The van der Waals surface area contributed by atoms with Crippen molar-refractivity contribution in [3.8, 4) is 5.75 Å². The van der Waals surface area contributed by atoms with Gasteiger partial charge < -0.3 is 14.7 Å². The van der Waals surface area contributed by atoms with Gasteiger partial charge in [0.25, 0.3) is 5.91 Å². The van der Waals surface area contributed by atoms with Gasteiger partial charge in [-0.3, -0.25) is 4.79 Å². The van der Waals surface area contributed by atoms with Crippen molar-refractivity contribution in [2.45, 2.75) is 19.8 Å². The summed E-state index contributed by atoms with van der Waals surface area (Å²) in [5, 5.41) is 8.89. The molecule has 1 atom stereocenters. The first kappa shape index (κ1) is 14.4. The van der Waals surface area contributed by atoms with Gasteiger partial charge in [-0.25, -0.2) is 4.79 Å². The molecule has 1 aromatic carbocycles. The summed E-state index contributed by atoms with van der Waals surface area (Å²) in [5.74, 6) is -0.116. The molecule has 5 nitrogen and oxygen atoms in total. The molecule has 1 N–H and O–H groups in total. The highest BCUT2D eigenvalue weighted by atomic mass is 16.5.